The van der Waals surface area contributed by atoms with Crippen molar-refractivity contribution >= 4 is 34.3 Å². The molecule has 2 heterocycles. The third-order valence-electron chi connectivity index (χ3n) is 5.83. The number of aryl methyl sites for hydroxylation is 1. The minimum absolute atomic E-state index is 0.313. The van der Waals surface area contributed by atoms with Gasteiger partial charge in [0.05, 0.1) is 5.69 Å². The maximum absolute atomic E-state index is 12.5. The van der Waals surface area contributed by atoms with Crippen LogP contribution in [0.1, 0.15) is 11.1 Å². The Balaban J connectivity index is 1.28. The Morgan fingerprint density at radius 3 is 2.61 bits per heavy atom. The van der Waals surface area contributed by atoms with Gasteiger partial charge in [-0.25, -0.2) is 14.8 Å². The number of nitrogens with two attached hydrogens (primary N) is 1. The van der Waals surface area contributed by atoms with Crippen LogP contribution in [0, 0.1) is 6.92 Å². The van der Waals surface area contributed by atoms with Gasteiger partial charge in [0.25, 0.3) is 0 Å². The summed E-state index contributed by atoms with van der Waals surface area (Å²) in [4.78, 5) is 25.7. The number of nitrogens with zero attached hydrogens (tertiary/aromatic N) is 4. The van der Waals surface area contributed by atoms with Crippen molar-refractivity contribution in [1.82, 2.24) is 9.80 Å². The Bertz CT molecular complexity index is 1300. The van der Waals surface area contributed by atoms with E-state index in [1.54, 1.807) is 6.20 Å². The highest BCUT2D eigenvalue weighted by molar-refractivity contribution is 6.16. The topological polar surface area (TPSA) is 83.5 Å². The second-order valence-corrected chi connectivity index (χ2v) is 8.18. The normalized spacial score (nSPS) is 18.1. The number of ether oxygens (including phenoxy) is 1. The van der Waals surface area contributed by atoms with Crippen LogP contribution in [0.2, 0.25) is 0 Å². The number of hydrogen-bond donors (Lipinski definition) is 1. The first-order valence-electron chi connectivity index (χ1n) is 11.0. The number of piperazine rings is 1. The summed E-state index contributed by atoms with van der Waals surface area (Å²) in [6.07, 6.45) is 1.78. The van der Waals surface area contributed by atoms with Crippen LogP contribution in [0.4, 0.5) is 5.69 Å². The Morgan fingerprint density at radius 2 is 1.79 bits per heavy atom. The van der Waals surface area contributed by atoms with E-state index in [0.717, 1.165) is 27.6 Å². The number of carbonyl (C=O) groups excluding carboxylic acids is 1. The molecule has 0 aromatic heterocycles. The first-order chi connectivity index (χ1) is 16.1. The summed E-state index contributed by atoms with van der Waals surface area (Å²) in [7, 11) is 0. The maximum atomic E-state index is 12.5. The first kappa shape index (κ1) is 20.8. The number of hydrogen-bond acceptors (Lipinski definition) is 5. The SMILES string of the molecule is Cc1cccc(N=C(N)N2CCN(C=C3N=C(c4cccc5ccccc45)OC3=O)CC2)c1. The molecule has 3 aromatic rings. The molecule has 0 spiro atoms. The van der Waals surface area contributed by atoms with E-state index in [1.165, 1.54) is 0 Å². The Hall–Kier alpha value is -4.13. The van der Waals surface area contributed by atoms with Crippen molar-refractivity contribution in [3.63, 3.8) is 0 Å². The second kappa shape index (κ2) is 8.78. The summed E-state index contributed by atoms with van der Waals surface area (Å²) >= 11 is 0. The van der Waals surface area contributed by atoms with E-state index in [4.69, 9.17) is 10.5 Å². The fourth-order valence-corrected chi connectivity index (χ4v) is 4.08. The zero-order chi connectivity index (χ0) is 22.8. The zero-order valence-electron chi connectivity index (χ0n) is 18.4. The highest BCUT2D eigenvalue weighted by atomic mass is 16.6. The van der Waals surface area contributed by atoms with Crippen LogP contribution in [-0.4, -0.2) is 53.8 Å². The monoisotopic (exact) mass is 439 g/mol. The van der Waals surface area contributed by atoms with Crippen LogP contribution in [0.15, 0.2) is 88.6 Å². The summed E-state index contributed by atoms with van der Waals surface area (Å²) in [5, 5.41) is 2.08. The van der Waals surface area contributed by atoms with Crippen molar-refractivity contribution in [2.75, 3.05) is 26.2 Å². The number of aliphatic imine (C=N–C) groups is 2. The Labute approximate surface area is 192 Å². The van der Waals surface area contributed by atoms with Crippen LogP contribution in [-0.2, 0) is 9.53 Å². The molecule has 166 valence electrons. The molecule has 0 saturated carbocycles. The lowest BCUT2D eigenvalue weighted by Gasteiger charge is -2.34. The third kappa shape index (κ3) is 4.43. The molecule has 0 radical (unpaired) electrons. The predicted octanol–water partition coefficient (Wildman–Crippen LogP) is 3.56. The molecule has 33 heavy (non-hydrogen) atoms. The van der Waals surface area contributed by atoms with E-state index in [1.807, 2.05) is 73.7 Å². The highest BCUT2D eigenvalue weighted by Gasteiger charge is 2.27. The van der Waals surface area contributed by atoms with Crippen molar-refractivity contribution in [3.8, 4) is 0 Å². The van der Waals surface area contributed by atoms with Crippen molar-refractivity contribution in [1.29, 1.82) is 0 Å². The van der Waals surface area contributed by atoms with Gasteiger partial charge in [0, 0.05) is 37.9 Å². The van der Waals surface area contributed by atoms with Crippen LogP contribution in [0.3, 0.4) is 0 Å². The number of carbonyl (C=O) groups is 1. The molecule has 2 N–H and O–H groups in total. The van der Waals surface area contributed by atoms with Gasteiger partial charge in [-0.3, -0.25) is 0 Å². The zero-order valence-corrected chi connectivity index (χ0v) is 18.4. The fourth-order valence-electron chi connectivity index (χ4n) is 4.08. The molecular weight excluding hydrogens is 414 g/mol. The number of rotatable bonds is 3. The molecule has 0 unspecified atom stereocenters. The predicted molar refractivity (Wildman–Crippen MR) is 130 cm³/mol. The van der Waals surface area contributed by atoms with Crippen LogP contribution >= 0.6 is 0 Å². The molecule has 2 aliphatic rings. The molecule has 0 aliphatic carbocycles. The smallest absolute Gasteiger partial charge is 0.365 e. The van der Waals surface area contributed by atoms with Gasteiger partial charge in [-0.05, 0) is 41.5 Å². The van der Waals surface area contributed by atoms with Crippen molar-refractivity contribution in [2.24, 2.45) is 15.7 Å². The van der Waals surface area contributed by atoms with Gasteiger partial charge in [-0.15, -0.1) is 0 Å². The molecule has 0 bridgehead atoms. The largest absolute Gasteiger partial charge is 0.402 e. The third-order valence-corrected chi connectivity index (χ3v) is 5.83. The number of guanidine groups is 1. The van der Waals surface area contributed by atoms with Crippen molar-refractivity contribution in [3.05, 3.63) is 89.8 Å². The lowest BCUT2D eigenvalue weighted by Crippen LogP contribution is -2.49. The second-order valence-electron chi connectivity index (χ2n) is 8.18. The van der Waals surface area contributed by atoms with Crippen molar-refractivity contribution < 1.29 is 9.53 Å². The van der Waals surface area contributed by atoms with E-state index in [-0.39, 0.29) is 0 Å². The minimum atomic E-state index is -0.430. The van der Waals surface area contributed by atoms with Crippen LogP contribution < -0.4 is 5.73 Å². The fraction of sp³-hybridized carbons (Fsp3) is 0.192. The molecular formula is C26H25N5O2. The summed E-state index contributed by atoms with van der Waals surface area (Å²) in [5.74, 6) is 0.418. The van der Waals surface area contributed by atoms with Gasteiger partial charge in [0.15, 0.2) is 11.7 Å². The lowest BCUT2D eigenvalue weighted by atomic mass is 10.0. The van der Waals surface area contributed by atoms with Crippen molar-refractivity contribution in [2.45, 2.75) is 6.92 Å². The molecule has 1 fully saturated rings. The Kier molecular flexibility index (Phi) is 5.52. The van der Waals surface area contributed by atoms with E-state index in [2.05, 4.69) is 19.8 Å². The van der Waals surface area contributed by atoms with E-state index in [9.17, 15) is 4.79 Å². The van der Waals surface area contributed by atoms with Crippen LogP contribution in [0.25, 0.3) is 10.8 Å². The molecule has 3 aromatic carbocycles. The molecule has 5 rings (SSSR count). The van der Waals surface area contributed by atoms with Crippen LogP contribution in [0.5, 0.6) is 0 Å². The number of esters is 1. The Morgan fingerprint density at radius 1 is 1.03 bits per heavy atom. The molecule has 7 heteroatoms. The van der Waals surface area contributed by atoms with E-state index >= 15 is 0 Å². The number of cyclic esters (lactones) is 1. The standard InChI is InChI=1S/C26H25N5O2/c1-18-6-4-9-20(16-18)28-26(27)31-14-12-30(13-15-31)17-23-25(32)33-24(29-23)22-11-5-8-19-7-2-3-10-21(19)22/h2-11,16-17H,12-15H2,1H3,(H2,27,28). The van der Waals surface area contributed by atoms with Gasteiger partial charge in [0.1, 0.15) is 0 Å². The average molecular weight is 440 g/mol. The summed E-state index contributed by atoms with van der Waals surface area (Å²) in [5.41, 5.74) is 9.36. The minimum Gasteiger partial charge on any atom is -0.402 e. The summed E-state index contributed by atoms with van der Waals surface area (Å²) in [6.45, 7) is 4.86. The molecule has 7 nitrogen and oxygen atoms in total. The average Bonchev–Trinajstić information content (AvgIpc) is 3.19. The molecule has 1 saturated heterocycles. The quantitative estimate of drug-likeness (QED) is 0.292. The molecule has 0 amide bonds. The highest BCUT2D eigenvalue weighted by Crippen LogP contribution is 2.24. The molecule has 0 atom stereocenters. The number of benzene rings is 3. The van der Waals surface area contributed by atoms with E-state index < -0.39 is 5.97 Å². The number of fused-ring (bicyclic) bond motifs is 1. The van der Waals surface area contributed by atoms with E-state index in [0.29, 0.717) is 43.7 Å². The van der Waals surface area contributed by atoms with Gasteiger partial charge in [-0.1, -0.05) is 48.5 Å². The lowest BCUT2D eigenvalue weighted by molar-refractivity contribution is -0.130. The molecule has 2 aliphatic heterocycles. The van der Waals surface area contributed by atoms with Gasteiger partial charge in [0.2, 0.25) is 5.90 Å². The van der Waals surface area contributed by atoms with Gasteiger partial charge < -0.3 is 20.3 Å². The summed E-state index contributed by atoms with van der Waals surface area (Å²) in [6, 6.07) is 21.8. The summed E-state index contributed by atoms with van der Waals surface area (Å²) < 4.78 is 5.51. The first-order valence-corrected chi connectivity index (χ1v) is 11.0. The van der Waals surface area contributed by atoms with Gasteiger partial charge >= 0.3 is 5.97 Å². The van der Waals surface area contributed by atoms with Gasteiger partial charge in [-0.2, -0.15) is 0 Å². The maximum Gasteiger partial charge on any atom is 0.365 e.